The molecule has 5 heteroatoms. The van der Waals surface area contributed by atoms with Crippen LogP contribution in [-0.2, 0) is 0 Å². The van der Waals surface area contributed by atoms with Gasteiger partial charge >= 0.3 is 0 Å². The predicted octanol–water partition coefficient (Wildman–Crippen LogP) is 2.06. The molecule has 1 saturated heterocycles. The van der Waals surface area contributed by atoms with Gasteiger partial charge in [-0.15, -0.1) is 0 Å². The molecule has 0 saturated carbocycles. The number of likely N-dealkylation sites (tertiary alicyclic amines) is 1. The lowest BCUT2D eigenvalue weighted by Gasteiger charge is -2.24. The molecule has 21 heavy (non-hydrogen) atoms. The Morgan fingerprint density at radius 1 is 1.38 bits per heavy atom. The van der Waals surface area contributed by atoms with Crippen LogP contribution in [0.5, 0.6) is 0 Å². The molecule has 0 aromatic carbocycles. The van der Waals surface area contributed by atoms with Crippen LogP contribution >= 0.6 is 0 Å². The van der Waals surface area contributed by atoms with Crippen LogP contribution in [0.1, 0.15) is 40.5 Å². The summed E-state index contributed by atoms with van der Waals surface area (Å²) in [5.41, 5.74) is 1.81. The number of amides is 1. The molecule has 1 fully saturated rings. The van der Waals surface area contributed by atoms with E-state index in [9.17, 15) is 9.59 Å². The molecule has 5 nitrogen and oxygen atoms in total. The molecule has 1 atom stereocenters. The first-order chi connectivity index (χ1) is 10.2. The fourth-order valence-electron chi connectivity index (χ4n) is 2.84. The summed E-state index contributed by atoms with van der Waals surface area (Å²) in [7, 11) is 0. The van der Waals surface area contributed by atoms with E-state index in [0.717, 1.165) is 24.1 Å². The van der Waals surface area contributed by atoms with Crippen LogP contribution in [0.2, 0.25) is 0 Å². The molecule has 1 unspecified atom stereocenters. The third-order valence-electron chi connectivity index (χ3n) is 3.89. The number of H-pyrrole nitrogens is 1. The Labute approximate surface area is 122 Å². The first-order valence-corrected chi connectivity index (χ1v) is 7.07. The molecule has 108 valence electrons. The number of aryl methyl sites for hydroxylation is 1. The van der Waals surface area contributed by atoms with Gasteiger partial charge in [0.1, 0.15) is 5.56 Å². The topological polar surface area (TPSA) is 66.1 Å². The molecule has 3 rings (SSSR count). The predicted molar refractivity (Wildman–Crippen MR) is 79.0 cm³/mol. The maximum Gasteiger partial charge on any atom is 0.259 e. The number of nitrogens with zero attached hydrogens (tertiary/aromatic N) is 2. The zero-order valence-corrected chi connectivity index (χ0v) is 11.9. The van der Waals surface area contributed by atoms with E-state index in [1.807, 2.05) is 12.1 Å². The minimum atomic E-state index is -0.225. The third-order valence-corrected chi connectivity index (χ3v) is 3.89. The van der Waals surface area contributed by atoms with Crippen LogP contribution in [0.15, 0.2) is 41.6 Å². The van der Waals surface area contributed by atoms with Crippen molar-refractivity contribution < 1.29 is 4.79 Å². The van der Waals surface area contributed by atoms with E-state index in [4.69, 9.17) is 0 Å². The van der Waals surface area contributed by atoms with Gasteiger partial charge in [0.05, 0.1) is 6.04 Å². The SMILES string of the molecule is Cc1cc(=O)c(C(=O)N2CCCC2c2ccncc2)c[nH]1. The highest BCUT2D eigenvalue weighted by atomic mass is 16.2. The smallest absolute Gasteiger partial charge is 0.259 e. The molecule has 1 N–H and O–H groups in total. The van der Waals surface area contributed by atoms with Crippen molar-refractivity contribution in [3.63, 3.8) is 0 Å². The number of hydrogen-bond acceptors (Lipinski definition) is 3. The van der Waals surface area contributed by atoms with E-state index in [1.165, 1.54) is 12.3 Å². The number of aromatic amines is 1. The first-order valence-electron chi connectivity index (χ1n) is 7.07. The Bertz CT molecular complexity index is 709. The summed E-state index contributed by atoms with van der Waals surface area (Å²) >= 11 is 0. The van der Waals surface area contributed by atoms with E-state index in [-0.39, 0.29) is 22.9 Å². The quantitative estimate of drug-likeness (QED) is 0.917. The normalized spacial score (nSPS) is 18.0. The van der Waals surface area contributed by atoms with Gasteiger partial charge in [0.25, 0.3) is 5.91 Å². The molecular formula is C16H17N3O2. The first kappa shape index (κ1) is 13.5. The summed E-state index contributed by atoms with van der Waals surface area (Å²) < 4.78 is 0. The lowest BCUT2D eigenvalue weighted by Crippen LogP contribution is -2.34. The van der Waals surface area contributed by atoms with E-state index in [1.54, 1.807) is 24.2 Å². The number of pyridine rings is 2. The molecule has 1 amide bonds. The molecule has 2 aromatic heterocycles. The highest BCUT2D eigenvalue weighted by molar-refractivity contribution is 5.94. The molecule has 1 aliphatic heterocycles. The van der Waals surface area contributed by atoms with Crippen LogP contribution in [0.4, 0.5) is 0 Å². The monoisotopic (exact) mass is 283 g/mol. The average Bonchev–Trinajstić information content (AvgIpc) is 2.97. The van der Waals surface area contributed by atoms with Crippen LogP contribution in [0.3, 0.4) is 0 Å². The summed E-state index contributed by atoms with van der Waals surface area (Å²) in [6.45, 7) is 2.48. The minimum Gasteiger partial charge on any atom is -0.364 e. The van der Waals surface area contributed by atoms with E-state index >= 15 is 0 Å². The van der Waals surface area contributed by atoms with Crippen LogP contribution in [0.25, 0.3) is 0 Å². The molecule has 3 heterocycles. The summed E-state index contributed by atoms with van der Waals surface area (Å²) in [4.78, 5) is 33.4. The fraction of sp³-hybridized carbons (Fsp3) is 0.312. The second-order valence-corrected chi connectivity index (χ2v) is 5.33. The zero-order chi connectivity index (χ0) is 14.8. The number of carbonyl (C=O) groups excluding carboxylic acids is 1. The van der Waals surface area contributed by atoms with Crippen LogP contribution in [0, 0.1) is 6.92 Å². The lowest BCUT2D eigenvalue weighted by atomic mass is 10.1. The number of nitrogens with one attached hydrogen (secondary N) is 1. The summed E-state index contributed by atoms with van der Waals surface area (Å²) in [6.07, 6.45) is 6.84. The van der Waals surface area contributed by atoms with Gasteiger partial charge in [0.2, 0.25) is 0 Å². The maximum absolute atomic E-state index is 12.7. The van der Waals surface area contributed by atoms with Crippen molar-refractivity contribution >= 4 is 5.91 Å². The lowest BCUT2D eigenvalue weighted by molar-refractivity contribution is 0.0734. The van der Waals surface area contributed by atoms with Gasteiger partial charge < -0.3 is 9.88 Å². The molecule has 2 aromatic rings. The van der Waals surface area contributed by atoms with Crippen molar-refractivity contribution in [3.05, 3.63) is 63.8 Å². The number of aromatic nitrogens is 2. The van der Waals surface area contributed by atoms with Gasteiger partial charge in [-0.25, -0.2) is 0 Å². The highest BCUT2D eigenvalue weighted by Crippen LogP contribution is 2.32. The summed E-state index contributed by atoms with van der Waals surface area (Å²) in [5, 5.41) is 0. The molecule has 0 spiro atoms. The number of rotatable bonds is 2. The van der Waals surface area contributed by atoms with Crippen LogP contribution < -0.4 is 5.43 Å². The van der Waals surface area contributed by atoms with Crippen LogP contribution in [-0.4, -0.2) is 27.3 Å². The minimum absolute atomic E-state index is 0.0289. The highest BCUT2D eigenvalue weighted by Gasteiger charge is 2.31. The molecule has 1 aliphatic rings. The van der Waals surface area contributed by atoms with Crippen molar-refractivity contribution in [2.45, 2.75) is 25.8 Å². The molecule has 0 aliphatic carbocycles. The van der Waals surface area contributed by atoms with Crippen molar-refractivity contribution in [1.82, 2.24) is 14.9 Å². The fourth-order valence-corrected chi connectivity index (χ4v) is 2.84. The van der Waals surface area contributed by atoms with Crippen molar-refractivity contribution in [3.8, 4) is 0 Å². The Morgan fingerprint density at radius 2 is 2.14 bits per heavy atom. The van der Waals surface area contributed by atoms with Gasteiger partial charge in [-0.1, -0.05) is 0 Å². The molecular weight excluding hydrogens is 266 g/mol. The molecule has 0 radical (unpaired) electrons. The standard InChI is InChI=1S/C16H17N3O2/c1-11-9-15(20)13(10-18-11)16(21)19-8-2-3-14(19)12-4-6-17-7-5-12/h4-7,9-10,14H,2-3,8H2,1H3,(H,18,20). The number of carbonyl (C=O) groups is 1. The summed E-state index contributed by atoms with van der Waals surface area (Å²) in [5.74, 6) is -0.199. The van der Waals surface area contributed by atoms with Gasteiger partial charge in [-0.05, 0) is 37.5 Å². The second-order valence-electron chi connectivity index (χ2n) is 5.33. The van der Waals surface area contributed by atoms with Gasteiger partial charge in [-0.2, -0.15) is 0 Å². The maximum atomic E-state index is 12.7. The number of hydrogen-bond donors (Lipinski definition) is 1. The largest absolute Gasteiger partial charge is 0.364 e. The van der Waals surface area contributed by atoms with E-state index in [2.05, 4.69) is 9.97 Å². The Morgan fingerprint density at radius 3 is 2.86 bits per heavy atom. The van der Waals surface area contributed by atoms with Crippen molar-refractivity contribution in [2.75, 3.05) is 6.54 Å². The van der Waals surface area contributed by atoms with E-state index in [0.29, 0.717) is 6.54 Å². The van der Waals surface area contributed by atoms with Crippen molar-refractivity contribution in [2.24, 2.45) is 0 Å². The second kappa shape index (κ2) is 5.52. The molecule has 0 bridgehead atoms. The Kier molecular flexibility index (Phi) is 3.56. The summed E-state index contributed by atoms with van der Waals surface area (Å²) in [6, 6.07) is 5.34. The Balaban J connectivity index is 1.92. The third kappa shape index (κ3) is 2.59. The Hall–Kier alpha value is -2.43. The van der Waals surface area contributed by atoms with Gasteiger partial charge in [-0.3, -0.25) is 14.6 Å². The zero-order valence-electron chi connectivity index (χ0n) is 11.9. The van der Waals surface area contributed by atoms with E-state index < -0.39 is 0 Å². The van der Waals surface area contributed by atoms with Gasteiger partial charge in [0.15, 0.2) is 5.43 Å². The average molecular weight is 283 g/mol. The van der Waals surface area contributed by atoms with Gasteiger partial charge in [0, 0.05) is 36.9 Å². The van der Waals surface area contributed by atoms with Crippen molar-refractivity contribution in [1.29, 1.82) is 0 Å².